The molecule has 82 valence electrons. The van der Waals surface area contributed by atoms with Gasteiger partial charge in [-0.05, 0) is 39.5 Å². The summed E-state index contributed by atoms with van der Waals surface area (Å²) in [6, 6.07) is 0. The molecule has 0 aromatic rings. The molecule has 3 atom stereocenters. The van der Waals surface area contributed by atoms with Gasteiger partial charge in [0.05, 0.1) is 12.0 Å². The van der Waals surface area contributed by atoms with Gasteiger partial charge in [-0.25, -0.2) is 0 Å². The Hall–Kier alpha value is -0.570. The summed E-state index contributed by atoms with van der Waals surface area (Å²) in [6.45, 7) is 7.50. The second-order valence-corrected chi connectivity index (χ2v) is 5.19. The highest BCUT2D eigenvalue weighted by Crippen LogP contribution is 2.32. The highest BCUT2D eigenvalue weighted by Gasteiger charge is 2.38. The third-order valence-electron chi connectivity index (χ3n) is 2.64. The fraction of sp³-hybridized carbons (Fsp3) is 0.909. The predicted molar refractivity (Wildman–Crippen MR) is 53.7 cm³/mol. The van der Waals surface area contributed by atoms with E-state index in [2.05, 4.69) is 0 Å². The first-order chi connectivity index (χ1) is 6.31. The van der Waals surface area contributed by atoms with E-state index in [-0.39, 0.29) is 17.8 Å². The minimum absolute atomic E-state index is 0.215. The molecule has 0 aromatic heterocycles. The second-order valence-electron chi connectivity index (χ2n) is 5.19. The fourth-order valence-electron chi connectivity index (χ4n) is 1.82. The van der Waals surface area contributed by atoms with Crippen LogP contribution in [0.3, 0.4) is 0 Å². The lowest BCUT2D eigenvalue weighted by Gasteiger charge is -2.23. The van der Waals surface area contributed by atoms with Crippen LogP contribution in [0, 0.1) is 11.8 Å². The van der Waals surface area contributed by atoms with Gasteiger partial charge in [0.15, 0.2) is 0 Å². The monoisotopic (exact) mass is 200 g/mol. The molecule has 1 saturated carbocycles. The maximum atomic E-state index is 11.6. The van der Waals surface area contributed by atoms with Gasteiger partial charge >= 0.3 is 5.97 Å². The van der Waals surface area contributed by atoms with Crippen LogP contribution in [0.25, 0.3) is 0 Å². The number of carbonyl (C=O) groups is 1. The molecule has 1 rings (SSSR count). The van der Waals surface area contributed by atoms with Crippen LogP contribution in [-0.2, 0) is 9.53 Å². The second kappa shape index (κ2) is 3.89. The molecule has 0 aliphatic heterocycles. The minimum Gasteiger partial charge on any atom is -0.460 e. The van der Waals surface area contributed by atoms with Crippen molar-refractivity contribution in [2.24, 2.45) is 11.8 Å². The van der Waals surface area contributed by atoms with E-state index in [1.54, 1.807) is 0 Å². The van der Waals surface area contributed by atoms with Crippen LogP contribution in [-0.4, -0.2) is 22.8 Å². The van der Waals surface area contributed by atoms with Crippen molar-refractivity contribution in [1.29, 1.82) is 0 Å². The van der Waals surface area contributed by atoms with E-state index in [0.29, 0.717) is 0 Å². The van der Waals surface area contributed by atoms with E-state index in [4.69, 9.17) is 4.74 Å². The molecule has 0 saturated heterocycles. The SMILES string of the molecule is CC1CCC(C(=O)OC(C)(C)C)C1O. The van der Waals surface area contributed by atoms with Gasteiger partial charge in [-0.15, -0.1) is 0 Å². The molecule has 3 heteroatoms. The maximum absolute atomic E-state index is 11.6. The molecule has 0 radical (unpaired) electrons. The summed E-state index contributed by atoms with van der Waals surface area (Å²) < 4.78 is 5.24. The Labute approximate surface area is 85.5 Å². The topological polar surface area (TPSA) is 46.5 Å². The van der Waals surface area contributed by atoms with Gasteiger partial charge in [-0.1, -0.05) is 6.92 Å². The highest BCUT2D eigenvalue weighted by molar-refractivity contribution is 5.74. The summed E-state index contributed by atoms with van der Waals surface area (Å²) >= 11 is 0. The van der Waals surface area contributed by atoms with E-state index in [0.717, 1.165) is 12.8 Å². The Kier molecular flexibility index (Phi) is 3.20. The van der Waals surface area contributed by atoms with Crippen LogP contribution in [0.15, 0.2) is 0 Å². The van der Waals surface area contributed by atoms with Gasteiger partial charge in [0.1, 0.15) is 5.60 Å². The molecule has 1 aliphatic rings. The third-order valence-corrected chi connectivity index (χ3v) is 2.64. The Morgan fingerprint density at radius 2 is 1.93 bits per heavy atom. The normalized spacial score (nSPS) is 33.1. The van der Waals surface area contributed by atoms with Gasteiger partial charge in [0.2, 0.25) is 0 Å². The largest absolute Gasteiger partial charge is 0.460 e. The summed E-state index contributed by atoms with van der Waals surface area (Å²) in [5.74, 6) is -0.355. The number of ether oxygens (including phenoxy) is 1. The summed E-state index contributed by atoms with van der Waals surface area (Å²) in [5, 5.41) is 9.72. The van der Waals surface area contributed by atoms with Gasteiger partial charge in [0, 0.05) is 0 Å². The van der Waals surface area contributed by atoms with Crippen LogP contribution in [0.2, 0.25) is 0 Å². The molecule has 3 unspecified atom stereocenters. The summed E-state index contributed by atoms with van der Waals surface area (Å²) in [4.78, 5) is 11.6. The number of rotatable bonds is 1. The first-order valence-electron chi connectivity index (χ1n) is 5.22. The van der Waals surface area contributed by atoms with Gasteiger partial charge < -0.3 is 9.84 Å². The first-order valence-corrected chi connectivity index (χ1v) is 5.22. The number of esters is 1. The molecule has 0 amide bonds. The number of hydrogen-bond acceptors (Lipinski definition) is 3. The summed E-state index contributed by atoms with van der Waals surface area (Å²) in [5.41, 5.74) is -0.456. The van der Waals surface area contributed by atoms with Crippen LogP contribution < -0.4 is 0 Å². The van der Waals surface area contributed by atoms with E-state index < -0.39 is 11.7 Å². The molecule has 0 aromatic carbocycles. The van der Waals surface area contributed by atoms with Gasteiger partial charge in [-0.2, -0.15) is 0 Å². The lowest BCUT2D eigenvalue weighted by molar-refractivity contribution is -0.163. The van der Waals surface area contributed by atoms with Crippen LogP contribution in [0.1, 0.15) is 40.5 Å². The van der Waals surface area contributed by atoms with Gasteiger partial charge in [-0.3, -0.25) is 4.79 Å². The maximum Gasteiger partial charge on any atom is 0.312 e. The summed E-state index contributed by atoms with van der Waals surface area (Å²) in [6.07, 6.45) is 1.13. The number of aliphatic hydroxyl groups excluding tert-OH is 1. The van der Waals surface area contributed by atoms with Crippen molar-refractivity contribution < 1.29 is 14.6 Å². The minimum atomic E-state index is -0.523. The fourth-order valence-corrected chi connectivity index (χ4v) is 1.82. The Morgan fingerprint density at radius 3 is 2.29 bits per heavy atom. The zero-order chi connectivity index (χ0) is 10.9. The zero-order valence-corrected chi connectivity index (χ0v) is 9.41. The van der Waals surface area contributed by atoms with Crippen molar-refractivity contribution in [1.82, 2.24) is 0 Å². The molecular weight excluding hydrogens is 180 g/mol. The Balaban J connectivity index is 2.54. The van der Waals surface area contributed by atoms with Crippen molar-refractivity contribution >= 4 is 5.97 Å². The highest BCUT2D eigenvalue weighted by atomic mass is 16.6. The smallest absolute Gasteiger partial charge is 0.312 e. The van der Waals surface area contributed by atoms with Crippen LogP contribution in [0.5, 0.6) is 0 Å². The average Bonchev–Trinajstić information content (AvgIpc) is 2.29. The van der Waals surface area contributed by atoms with Crippen molar-refractivity contribution in [3.8, 4) is 0 Å². The predicted octanol–water partition coefficient (Wildman–Crippen LogP) is 1.74. The van der Waals surface area contributed by atoms with E-state index >= 15 is 0 Å². The summed E-state index contributed by atoms with van der Waals surface area (Å²) in [7, 11) is 0. The van der Waals surface area contributed by atoms with Crippen LogP contribution in [0.4, 0.5) is 0 Å². The molecule has 1 aliphatic carbocycles. The lowest BCUT2D eigenvalue weighted by Crippen LogP contribution is -2.33. The van der Waals surface area contributed by atoms with Crippen molar-refractivity contribution in [2.45, 2.75) is 52.2 Å². The number of carbonyl (C=O) groups excluding carboxylic acids is 1. The molecular formula is C11H20O3. The van der Waals surface area contributed by atoms with E-state index in [1.807, 2.05) is 27.7 Å². The van der Waals surface area contributed by atoms with Crippen molar-refractivity contribution in [2.75, 3.05) is 0 Å². The van der Waals surface area contributed by atoms with Gasteiger partial charge in [0.25, 0.3) is 0 Å². The molecule has 3 nitrogen and oxygen atoms in total. The number of hydrogen-bond donors (Lipinski definition) is 1. The molecule has 0 bridgehead atoms. The molecule has 1 N–H and O–H groups in total. The Morgan fingerprint density at radius 1 is 1.36 bits per heavy atom. The standard InChI is InChI=1S/C11H20O3/c1-7-5-6-8(9(7)12)10(13)14-11(2,3)4/h7-9,12H,5-6H2,1-4H3. The number of aliphatic hydroxyl groups is 1. The van der Waals surface area contributed by atoms with E-state index in [1.165, 1.54) is 0 Å². The average molecular weight is 200 g/mol. The Bertz CT molecular complexity index is 217. The molecule has 0 spiro atoms. The lowest BCUT2D eigenvalue weighted by atomic mass is 10.0. The quantitative estimate of drug-likeness (QED) is 0.656. The van der Waals surface area contributed by atoms with Crippen molar-refractivity contribution in [3.63, 3.8) is 0 Å². The molecule has 0 heterocycles. The molecule has 14 heavy (non-hydrogen) atoms. The first kappa shape index (κ1) is 11.5. The van der Waals surface area contributed by atoms with Crippen molar-refractivity contribution in [3.05, 3.63) is 0 Å². The molecule has 1 fully saturated rings. The third kappa shape index (κ3) is 2.71. The van der Waals surface area contributed by atoms with E-state index in [9.17, 15) is 9.90 Å². The zero-order valence-electron chi connectivity index (χ0n) is 9.41. The van der Waals surface area contributed by atoms with Crippen LogP contribution >= 0.6 is 0 Å².